The van der Waals surface area contributed by atoms with Gasteiger partial charge in [-0.1, -0.05) is 24.3 Å². The molecule has 0 amide bonds. The van der Waals surface area contributed by atoms with Crippen LogP contribution in [0.4, 0.5) is 0 Å². The van der Waals surface area contributed by atoms with Crippen molar-refractivity contribution in [2.75, 3.05) is 0 Å². The summed E-state index contributed by atoms with van der Waals surface area (Å²) in [6.45, 7) is 0. The number of hydrogen-bond acceptors (Lipinski definition) is 6. The molecule has 0 aromatic carbocycles. The van der Waals surface area contributed by atoms with Crippen molar-refractivity contribution < 1.29 is 0 Å². The first kappa shape index (κ1) is 20.5. The molecule has 0 aliphatic rings. The highest BCUT2D eigenvalue weighted by molar-refractivity contribution is 7.23. The SMILES string of the molecule is c1csc(/C(=C(/c2cccs2)c2ccc(-c3cccs3)s2)c2ccc(-c3cccs3)s2)c1. The van der Waals surface area contributed by atoms with Crippen LogP contribution in [-0.2, 0) is 0 Å². The van der Waals surface area contributed by atoms with Crippen LogP contribution in [0.15, 0.2) is 94.3 Å². The van der Waals surface area contributed by atoms with Gasteiger partial charge in [-0.15, -0.1) is 68.0 Å². The van der Waals surface area contributed by atoms with Gasteiger partial charge in [0, 0.05) is 50.2 Å². The van der Waals surface area contributed by atoms with Gasteiger partial charge in [0.2, 0.25) is 0 Å². The lowest BCUT2D eigenvalue weighted by Gasteiger charge is -2.12. The van der Waals surface area contributed by atoms with E-state index in [2.05, 4.69) is 94.3 Å². The summed E-state index contributed by atoms with van der Waals surface area (Å²) in [5.74, 6) is 0. The minimum absolute atomic E-state index is 1.32. The van der Waals surface area contributed by atoms with Crippen molar-refractivity contribution in [3.8, 4) is 19.5 Å². The number of rotatable bonds is 6. The molecule has 0 unspecified atom stereocenters. The summed E-state index contributed by atoms with van der Waals surface area (Å²) in [6.07, 6.45) is 0. The first-order chi connectivity index (χ1) is 15.9. The lowest BCUT2D eigenvalue weighted by molar-refractivity contribution is 1.73. The van der Waals surface area contributed by atoms with E-state index in [0.717, 1.165) is 0 Å². The third-order valence-corrected chi connectivity index (χ3v) is 11.1. The van der Waals surface area contributed by atoms with Crippen molar-refractivity contribution in [2.24, 2.45) is 0 Å². The van der Waals surface area contributed by atoms with Crippen LogP contribution in [0.2, 0.25) is 0 Å². The third-order valence-electron chi connectivity index (χ3n) is 5.02. The highest BCUT2D eigenvalue weighted by Crippen LogP contribution is 2.46. The van der Waals surface area contributed by atoms with E-state index in [4.69, 9.17) is 0 Å². The molecule has 0 radical (unpaired) electrons. The second-order valence-electron chi connectivity index (χ2n) is 6.99. The lowest BCUT2D eigenvalue weighted by atomic mass is 10.0. The topological polar surface area (TPSA) is 0 Å². The molecule has 0 bridgehead atoms. The summed E-state index contributed by atoms with van der Waals surface area (Å²) in [5.41, 5.74) is 2.68. The minimum Gasteiger partial charge on any atom is -0.144 e. The number of hydrogen-bond donors (Lipinski definition) is 0. The van der Waals surface area contributed by atoms with Gasteiger partial charge < -0.3 is 0 Å². The van der Waals surface area contributed by atoms with E-state index in [-0.39, 0.29) is 0 Å². The zero-order chi connectivity index (χ0) is 21.3. The molecule has 0 saturated heterocycles. The van der Waals surface area contributed by atoms with E-state index < -0.39 is 0 Å². The molecule has 0 saturated carbocycles. The van der Waals surface area contributed by atoms with Crippen LogP contribution in [0.3, 0.4) is 0 Å². The smallest absolute Gasteiger partial charge is 0.0449 e. The van der Waals surface area contributed by atoms with Gasteiger partial charge in [-0.2, -0.15) is 0 Å². The fraction of sp³-hybridized carbons (Fsp3) is 0. The van der Waals surface area contributed by atoms with Gasteiger partial charge in [0.05, 0.1) is 0 Å². The molecule has 6 heterocycles. The van der Waals surface area contributed by atoms with Gasteiger partial charge in [0.1, 0.15) is 0 Å². The molecule has 32 heavy (non-hydrogen) atoms. The summed E-state index contributed by atoms with van der Waals surface area (Å²) in [5, 5.41) is 8.67. The average molecular weight is 521 g/mol. The van der Waals surface area contributed by atoms with Crippen molar-refractivity contribution in [1.82, 2.24) is 0 Å². The van der Waals surface area contributed by atoms with Gasteiger partial charge in [-0.3, -0.25) is 0 Å². The highest BCUT2D eigenvalue weighted by Gasteiger charge is 2.21. The second kappa shape index (κ2) is 9.06. The van der Waals surface area contributed by atoms with E-state index in [1.165, 1.54) is 50.2 Å². The maximum absolute atomic E-state index is 2.30. The fourth-order valence-electron chi connectivity index (χ4n) is 3.62. The first-order valence-electron chi connectivity index (χ1n) is 9.97. The van der Waals surface area contributed by atoms with Crippen molar-refractivity contribution in [1.29, 1.82) is 0 Å². The molecule has 0 aliphatic carbocycles. The minimum atomic E-state index is 1.32. The standard InChI is InChI=1S/C26H16S6/c1-5-17(27-13-1)19-9-11-23(31-19)25(21-7-3-15-29-21)26(22-8-4-16-30-22)24-12-10-20(32-24)18-6-2-14-28-18/h1-16H/b26-25+. The molecule has 6 aromatic rings. The molecule has 0 spiro atoms. The van der Waals surface area contributed by atoms with Crippen LogP contribution >= 0.6 is 68.0 Å². The van der Waals surface area contributed by atoms with E-state index in [9.17, 15) is 0 Å². The maximum Gasteiger partial charge on any atom is 0.0449 e. The Balaban J connectivity index is 1.58. The molecule has 0 N–H and O–H groups in total. The molecule has 0 nitrogen and oxygen atoms in total. The van der Waals surface area contributed by atoms with Crippen LogP contribution in [0.1, 0.15) is 19.5 Å². The Morgan fingerprint density at radius 3 is 1.19 bits per heavy atom. The Morgan fingerprint density at radius 2 is 0.812 bits per heavy atom. The summed E-state index contributed by atoms with van der Waals surface area (Å²) >= 11 is 11.0. The predicted molar refractivity (Wildman–Crippen MR) is 149 cm³/mol. The van der Waals surface area contributed by atoms with E-state index in [1.807, 2.05) is 45.3 Å². The summed E-state index contributed by atoms with van der Waals surface area (Å²) in [6, 6.07) is 26.7. The van der Waals surface area contributed by atoms with Crippen LogP contribution in [0.5, 0.6) is 0 Å². The van der Waals surface area contributed by atoms with Crippen molar-refractivity contribution in [2.45, 2.75) is 0 Å². The van der Waals surface area contributed by atoms with Crippen molar-refractivity contribution in [3.63, 3.8) is 0 Å². The maximum atomic E-state index is 2.30. The predicted octanol–water partition coefficient (Wildman–Crippen LogP) is 10.4. The van der Waals surface area contributed by atoms with E-state index in [1.54, 1.807) is 22.7 Å². The lowest BCUT2D eigenvalue weighted by Crippen LogP contribution is -1.90. The van der Waals surface area contributed by atoms with Crippen LogP contribution in [-0.4, -0.2) is 0 Å². The van der Waals surface area contributed by atoms with E-state index >= 15 is 0 Å². The first-order valence-corrected chi connectivity index (χ1v) is 15.1. The third kappa shape index (κ3) is 3.92. The summed E-state index contributed by atoms with van der Waals surface area (Å²) in [4.78, 5) is 10.6. The monoisotopic (exact) mass is 520 g/mol. The van der Waals surface area contributed by atoms with Gasteiger partial charge >= 0.3 is 0 Å². The normalized spacial score (nSPS) is 12.2. The Kier molecular flexibility index (Phi) is 5.81. The zero-order valence-electron chi connectivity index (χ0n) is 16.7. The summed E-state index contributed by atoms with van der Waals surface area (Å²) < 4.78 is 0. The molecule has 156 valence electrons. The Morgan fingerprint density at radius 1 is 0.375 bits per heavy atom. The van der Waals surface area contributed by atoms with Crippen molar-refractivity contribution >= 4 is 79.2 Å². The average Bonchev–Trinajstić information content (AvgIpc) is 3.66. The summed E-state index contributed by atoms with van der Waals surface area (Å²) in [7, 11) is 0. The Hall–Kier alpha value is -2.06. The zero-order valence-corrected chi connectivity index (χ0v) is 21.6. The molecule has 0 aliphatic heterocycles. The molecular weight excluding hydrogens is 505 g/mol. The Labute approximate surface area is 211 Å². The van der Waals surface area contributed by atoms with Crippen LogP contribution in [0.25, 0.3) is 30.7 Å². The van der Waals surface area contributed by atoms with Crippen LogP contribution in [0, 0.1) is 0 Å². The Bertz CT molecular complexity index is 1320. The van der Waals surface area contributed by atoms with Crippen molar-refractivity contribution in [3.05, 3.63) is 114 Å². The second-order valence-corrected chi connectivity index (χ2v) is 12.9. The van der Waals surface area contributed by atoms with E-state index in [0.29, 0.717) is 0 Å². The van der Waals surface area contributed by atoms with Gasteiger partial charge in [0.25, 0.3) is 0 Å². The fourth-order valence-corrected chi connectivity index (χ4v) is 9.15. The van der Waals surface area contributed by atoms with Gasteiger partial charge in [-0.05, 0) is 70.1 Å². The molecule has 6 aromatic heterocycles. The largest absolute Gasteiger partial charge is 0.144 e. The molecule has 6 heteroatoms. The van der Waals surface area contributed by atoms with Crippen LogP contribution < -0.4 is 0 Å². The van der Waals surface area contributed by atoms with Gasteiger partial charge in [0.15, 0.2) is 0 Å². The molecule has 6 rings (SSSR count). The highest BCUT2D eigenvalue weighted by atomic mass is 32.1. The van der Waals surface area contributed by atoms with Gasteiger partial charge in [-0.25, -0.2) is 0 Å². The number of thiophene rings is 6. The molecule has 0 atom stereocenters. The molecule has 0 fully saturated rings. The quantitative estimate of drug-likeness (QED) is 0.205. The molecular formula is C26H16S6.